The van der Waals surface area contributed by atoms with Crippen LogP contribution in [0.4, 0.5) is 4.39 Å². The fourth-order valence-electron chi connectivity index (χ4n) is 1.16. The summed E-state index contributed by atoms with van der Waals surface area (Å²) in [5, 5.41) is 8.73. The first-order valence-corrected chi connectivity index (χ1v) is 4.35. The highest BCUT2D eigenvalue weighted by Gasteiger charge is 2.08. The molecule has 0 aromatic carbocycles. The highest BCUT2D eigenvalue weighted by atomic mass is 19.1. The molecule has 2 rings (SSSR count). The van der Waals surface area contributed by atoms with E-state index in [0.29, 0.717) is 5.56 Å². The summed E-state index contributed by atoms with van der Waals surface area (Å²) in [5.41, 5.74) is 0.248. The Balaban J connectivity index is 2.48. The van der Waals surface area contributed by atoms with Crippen LogP contribution in [-0.4, -0.2) is 26.0 Å². The van der Waals surface area contributed by atoms with Gasteiger partial charge in [0.25, 0.3) is 0 Å². The predicted octanol–water partition coefficient (Wildman–Crippen LogP) is 1.38. The lowest BCUT2D eigenvalue weighted by atomic mass is 10.2. The minimum absolute atomic E-state index is 0.137. The van der Waals surface area contributed by atoms with Crippen LogP contribution in [0.3, 0.4) is 0 Å². The largest absolute Gasteiger partial charge is 0.477 e. The highest BCUT2D eigenvalue weighted by molar-refractivity contribution is 5.85. The molecular formula is C10H6FN3O2. The van der Waals surface area contributed by atoms with Crippen molar-refractivity contribution in [2.24, 2.45) is 0 Å². The first-order valence-electron chi connectivity index (χ1n) is 4.35. The summed E-state index contributed by atoms with van der Waals surface area (Å²) in [6, 6.07) is 3.91. The van der Waals surface area contributed by atoms with Crippen molar-refractivity contribution < 1.29 is 14.3 Å². The molecule has 2 heterocycles. The highest BCUT2D eigenvalue weighted by Crippen LogP contribution is 2.14. The third kappa shape index (κ3) is 2.00. The van der Waals surface area contributed by atoms with Crippen LogP contribution in [0, 0.1) is 5.95 Å². The number of aromatic nitrogens is 3. The maximum atomic E-state index is 12.8. The number of hydrogen-bond acceptors (Lipinski definition) is 4. The van der Waals surface area contributed by atoms with Gasteiger partial charge in [-0.25, -0.2) is 19.7 Å². The van der Waals surface area contributed by atoms with Crippen LogP contribution in [0.5, 0.6) is 0 Å². The van der Waals surface area contributed by atoms with Gasteiger partial charge in [-0.15, -0.1) is 0 Å². The van der Waals surface area contributed by atoms with Gasteiger partial charge in [0.2, 0.25) is 5.95 Å². The second-order valence-electron chi connectivity index (χ2n) is 2.94. The van der Waals surface area contributed by atoms with Crippen LogP contribution in [0.25, 0.3) is 11.4 Å². The summed E-state index contributed by atoms with van der Waals surface area (Å²) in [4.78, 5) is 21.7. The van der Waals surface area contributed by atoms with Crippen molar-refractivity contribution in [2.75, 3.05) is 0 Å². The Morgan fingerprint density at radius 3 is 2.69 bits per heavy atom. The Morgan fingerprint density at radius 2 is 2.00 bits per heavy atom. The van der Waals surface area contributed by atoms with Crippen LogP contribution in [0.1, 0.15) is 10.5 Å². The first-order chi connectivity index (χ1) is 7.66. The third-order valence-corrected chi connectivity index (χ3v) is 1.86. The second-order valence-corrected chi connectivity index (χ2v) is 2.94. The lowest BCUT2D eigenvalue weighted by Crippen LogP contribution is -2.02. The van der Waals surface area contributed by atoms with Gasteiger partial charge in [0.1, 0.15) is 0 Å². The summed E-state index contributed by atoms with van der Waals surface area (Å²) in [6.45, 7) is 0. The van der Waals surface area contributed by atoms with Crippen molar-refractivity contribution >= 4 is 5.97 Å². The molecule has 0 unspecified atom stereocenters. The first kappa shape index (κ1) is 10.2. The molecule has 0 atom stereocenters. The zero-order valence-electron chi connectivity index (χ0n) is 7.96. The molecule has 0 saturated heterocycles. The fourth-order valence-corrected chi connectivity index (χ4v) is 1.16. The number of halogens is 1. The zero-order valence-corrected chi connectivity index (χ0v) is 7.96. The SMILES string of the molecule is O=C(O)c1ccnc(-c2ccnc(F)c2)n1. The minimum atomic E-state index is -1.15. The average Bonchev–Trinajstić information content (AvgIpc) is 2.29. The number of carbonyl (C=O) groups is 1. The van der Waals surface area contributed by atoms with Crippen molar-refractivity contribution in [1.29, 1.82) is 0 Å². The van der Waals surface area contributed by atoms with Gasteiger partial charge in [0, 0.05) is 24.0 Å². The van der Waals surface area contributed by atoms with Crippen LogP contribution < -0.4 is 0 Å². The molecule has 1 N–H and O–H groups in total. The summed E-state index contributed by atoms with van der Waals surface area (Å²) in [7, 11) is 0. The molecule has 0 fully saturated rings. The van der Waals surface area contributed by atoms with Crippen LogP contribution in [0.2, 0.25) is 0 Å². The molecule has 0 aliphatic carbocycles. The molecule has 0 radical (unpaired) electrons. The smallest absolute Gasteiger partial charge is 0.354 e. The topological polar surface area (TPSA) is 76.0 Å². The predicted molar refractivity (Wildman–Crippen MR) is 52.2 cm³/mol. The van der Waals surface area contributed by atoms with E-state index in [1.165, 1.54) is 24.5 Å². The maximum Gasteiger partial charge on any atom is 0.354 e. The lowest BCUT2D eigenvalue weighted by Gasteiger charge is -2.00. The Labute approximate surface area is 89.6 Å². The van der Waals surface area contributed by atoms with E-state index in [4.69, 9.17) is 5.11 Å². The molecule has 2 aromatic heterocycles. The molecule has 0 bridgehead atoms. The van der Waals surface area contributed by atoms with Gasteiger partial charge < -0.3 is 5.11 Å². The minimum Gasteiger partial charge on any atom is -0.477 e. The number of nitrogens with zero attached hydrogens (tertiary/aromatic N) is 3. The van der Waals surface area contributed by atoms with E-state index in [9.17, 15) is 9.18 Å². The van der Waals surface area contributed by atoms with Gasteiger partial charge in [-0.1, -0.05) is 0 Å². The van der Waals surface area contributed by atoms with E-state index >= 15 is 0 Å². The molecule has 0 spiro atoms. The number of carboxylic acid groups (broad SMARTS) is 1. The normalized spacial score (nSPS) is 10.1. The van der Waals surface area contributed by atoms with Crippen molar-refractivity contribution in [1.82, 2.24) is 15.0 Å². The quantitative estimate of drug-likeness (QED) is 0.772. The monoisotopic (exact) mass is 219 g/mol. The van der Waals surface area contributed by atoms with Gasteiger partial charge in [-0.2, -0.15) is 4.39 Å². The van der Waals surface area contributed by atoms with Gasteiger partial charge in [0.05, 0.1) is 0 Å². The molecule has 80 valence electrons. The number of carboxylic acids is 1. The summed E-state index contributed by atoms with van der Waals surface area (Å²) in [6.07, 6.45) is 2.57. The standard InChI is InChI=1S/C10H6FN3O2/c11-8-5-6(1-3-12-8)9-13-4-2-7(14-9)10(15)16/h1-5H,(H,15,16). The van der Waals surface area contributed by atoms with E-state index in [2.05, 4.69) is 15.0 Å². The molecule has 0 aliphatic rings. The average molecular weight is 219 g/mol. The fraction of sp³-hybridized carbons (Fsp3) is 0. The van der Waals surface area contributed by atoms with Crippen molar-refractivity contribution in [3.05, 3.63) is 42.2 Å². The van der Waals surface area contributed by atoms with Crippen LogP contribution in [-0.2, 0) is 0 Å². The molecule has 5 nitrogen and oxygen atoms in total. The van der Waals surface area contributed by atoms with Gasteiger partial charge in [-0.3, -0.25) is 0 Å². The molecule has 6 heteroatoms. The van der Waals surface area contributed by atoms with Crippen LogP contribution >= 0.6 is 0 Å². The number of hydrogen-bond donors (Lipinski definition) is 1. The van der Waals surface area contributed by atoms with Gasteiger partial charge >= 0.3 is 5.97 Å². The summed E-state index contributed by atoms with van der Waals surface area (Å²) in [5.74, 6) is -1.67. The van der Waals surface area contributed by atoms with Crippen molar-refractivity contribution in [3.8, 4) is 11.4 Å². The zero-order chi connectivity index (χ0) is 11.5. The molecular weight excluding hydrogens is 213 g/mol. The maximum absolute atomic E-state index is 12.8. The molecule has 16 heavy (non-hydrogen) atoms. The lowest BCUT2D eigenvalue weighted by molar-refractivity contribution is 0.0690. The Morgan fingerprint density at radius 1 is 1.25 bits per heavy atom. The van der Waals surface area contributed by atoms with Gasteiger partial charge in [-0.05, 0) is 12.1 Å². The van der Waals surface area contributed by atoms with Crippen molar-refractivity contribution in [2.45, 2.75) is 0 Å². The Kier molecular flexibility index (Phi) is 2.55. The van der Waals surface area contributed by atoms with Crippen molar-refractivity contribution in [3.63, 3.8) is 0 Å². The van der Waals surface area contributed by atoms with E-state index < -0.39 is 11.9 Å². The second kappa shape index (κ2) is 4.01. The van der Waals surface area contributed by atoms with Gasteiger partial charge in [0.15, 0.2) is 11.5 Å². The van der Waals surface area contributed by atoms with E-state index in [0.717, 1.165) is 6.07 Å². The molecule has 0 aliphatic heterocycles. The summed E-state index contributed by atoms with van der Waals surface area (Å²) >= 11 is 0. The molecule has 2 aromatic rings. The van der Waals surface area contributed by atoms with E-state index in [1.807, 2.05) is 0 Å². The number of pyridine rings is 1. The molecule has 0 saturated carbocycles. The number of aromatic carboxylic acids is 1. The third-order valence-electron chi connectivity index (χ3n) is 1.86. The van der Waals surface area contributed by atoms with Crippen LogP contribution in [0.15, 0.2) is 30.6 Å². The van der Waals surface area contributed by atoms with E-state index in [1.54, 1.807) is 0 Å². The molecule has 0 amide bonds. The Hall–Kier alpha value is -2.37. The number of rotatable bonds is 2. The summed E-state index contributed by atoms with van der Waals surface area (Å²) < 4.78 is 12.8. The Bertz CT molecular complexity index is 545. The van der Waals surface area contributed by atoms with E-state index in [-0.39, 0.29) is 11.5 Å².